The number of ether oxygens (including phenoxy) is 1. The summed E-state index contributed by atoms with van der Waals surface area (Å²) in [4.78, 5) is 2.28. The zero-order valence-corrected chi connectivity index (χ0v) is 19.3. The molecule has 0 aliphatic carbocycles. The third-order valence-corrected chi connectivity index (χ3v) is 7.25. The van der Waals surface area contributed by atoms with Crippen molar-refractivity contribution in [2.45, 2.75) is 26.8 Å². The lowest BCUT2D eigenvalue weighted by molar-refractivity contribution is 0.122. The Labute approximate surface area is 189 Å². The quantitative estimate of drug-likeness (QED) is 0.581. The van der Waals surface area contributed by atoms with Gasteiger partial charge in [-0.1, -0.05) is 19.1 Å². The van der Waals surface area contributed by atoms with Gasteiger partial charge in [0, 0.05) is 41.9 Å². The highest BCUT2D eigenvalue weighted by Crippen LogP contribution is 2.36. The lowest BCUT2D eigenvalue weighted by Gasteiger charge is -2.28. The zero-order chi connectivity index (χ0) is 22.7. The number of sulfonamides is 1. The van der Waals surface area contributed by atoms with Crippen LogP contribution < -0.4 is 9.62 Å². The summed E-state index contributed by atoms with van der Waals surface area (Å²) in [6, 6.07) is 15.9. The molecule has 1 fully saturated rings. The third-order valence-electron chi connectivity index (χ3n) is 5.76. The molecule has 1 aliphatic heterocycles. The van der Waals surface area contributed by atoms with E-state index in [2.05, 4.69) is 45.4 Å². The molecule has 1 aliphatic rings. The van der Waals surface area contributed by atoms with E-state index < -0.39 is 10.0 Å². The van der Waals surface area contributed by atoms with E-state index in [1.165, 1.54) is 0 Å². The molecule has 1 aromatic heterocycles. The minimum atomic E-state index is -3.35. The Morgan fingerprint density at radius 3 is 2.44 bits per heavy atom. The standard InChI is InChI=1S/C24H28N4O3S/c1-3-15-32(29,30)26-19-7-5-18(6-8-19)24-22(17-25)21-16-20(27-11-13-31-14-12-27)9-10-23(21)28(24)4-2/h5-10,16,26H,3-4,11-15H2,1-2H3. The Kier molecular flexibility index (Phi) is 6.40. The summed E-state index contributed by atoms with van der Waals surface area (Å²) >= 11 is 0. The number of fused-ring (bicyclic) bond motifs is 1. The highest BCUT2D eigenvalue weighted by molar-refractivity contribution is 7.92. The van der Waals surface area contributed by atoms with Crippen molar-refractivity contribution >= 4 is 32.3 Å². The number of benzene rings is 2. The summed E-state index contributed by atoms with van der Waals surface area (Å²) < 4.78 is 34.4. The fraction of sp³-hybridized carbons (Fsp3) is 0.375. The lowest BCUT2D eigenvalue weighted by Crippen LogP contribution is -2.36. The number of nitriles is 1. The zero-order valence-electron chi connectivity index (χ0n) is 18.5. The SMILES string of the molecule is CCCS(=O)(=O)Nc1ccc(-c2c(C#N)c3cc(N4CCOCC4)ccc3n2CC)cc1. The number of aryl methyl sites for hydroxylation is 1. The van der Waals surface area contributed by atoms with E-state index in [0.29, 0.717) is 30.9 Å². The highest BCUT2D eigenvalue weighted by Gasteiger charge is 2.20. The summed E-state index contributed by atoms with van der Waals surface area (Å²) in [5.41, 5.74) is 5.00. The number of morpholine rings is 1. The van der Waals surface area contributed by atoms with E-state index in [1.807, 2.05) is 19.1 Å². The molecule has 7 nitrogen and oxygen atoms in total. The first-order chi connectivity index (χ1) is 15.5. The van der Waals surface area contributed by atoms with E-state index in [1.54, 1.807) is 12.1 Å². The average molecular weight is 453 g/mol. The van der Waals surface area contributed by atoms with Gasteiger partial charge in [-0.25, -0.2) is 8.42 Å². The molecule has 0 bridgehead atoms. The number of hydrogen-bond acceptors (Lipinski definition) is 5. The summed E-state index contributed by atoms with van der Waals surface area (Å²) in [6.07, 6.45) is 0.558. The second-order valence-electron chi connectivity index (χ2n) is 7.88. The minimum Gasteiger partial charge on any atom is -0.378 e. The van der Waals surface area contributed by atoms with Crippen molar-refractivity contribution in [1.82, 2.24) is 4.57 Å². The second-order valence-corrected chi connectivity index (χ2v) is 9.72. The first-order valence-electron chi connectivity index (χ1n) is 11.0. The predicted molar refractivity (Wildman–Crippen MR) is 128 cm³/mol. The number of aromatic nitrogens is 1. The molecule has 1 saturated heterocycles. The van der Waals surface area contributed by atoms with Crippen molar-refractivity contribution < 1.29 is 13.2 Å². The van der Waals surface area contributed by atoms with Gasteiger partial charge < -0.3 is 14.2 Å². The van der Waals surface area contributed by atoms with Gasteiger partial charge in [-0.2, -0.15) is 5.26 Å². The molecular formula is C24H28N4O3S. The Bertz CT molecular complexity index is 1250. The maximum atomic E-state index is 12.1. The van der Waals surface area contributed by atoms with Crippen LogP contribution in [0.25, 0.3) is 22.2 Å². The molecule has 0 unspecified atom stereocenters. The molecule has 32 heavy (non-hydrogen) atoms. The van der Waals surface area contributed by atoms with Crippen LogP contribution >= 0.6 is 0 Å². The summed E-state index contributed by atoms with van der Waals surface area (Å²) in [7, 11) is -3.35. The van der Waals surface area contributed by atoms with E-state index >= 15 is 0 Å². The Morgan fingerprint density at radius 1 is 1.09 bits per heavy atom. The van der Waals surface area contributed by atoms with Crippen LogP contribution in [-0.4, -0.2) is 45.0 Å². The van der Waals surface area contributed by atoms with Gasteiger partial charge in [-0.3, -0.25) is 4.72 Å². The maximum Gasteiger partial charge on any atom is 0.232 e. The van der Waals surface area contributed by atoms with Crippen LogP contribution in [0.15, 0.2) is 42.5 Å². The molecule has 0 radical (unpaired) electrons. The van der Waals surface area contributed by atoms with Crippen molar-refractivity contribution in [3.63, 3.8) is 0 Å². The molecule has 0 amide bonds. The van der Waals surface area contributed by atoms with Crippen LogP contribution in [0.1, 0.15) is 25.8 Å². The molecule has 8 heteroatoms. The largest absolute Gasteiger partial charge is 0.378 e. The molecule has 2 aromatic carbocycles. The molecule has 3 aromatic rings. The second kappa shape index (κ2) is 9.23. The van der Waals surface area contributed by atoms with Crippen molar-refractivity contribution in [2.75, 3.05) is 41.7 Å². The Morgan fingerprint density at radius 2 is 1.81 bits per heavy atom. The van der Waals surface area contributed by atoms with Gasteiger partial charge in [0.15, 0.2) is 0 Å². The van der Waals surface area contributed by atoms with E-state index in [0.717, 1.165) is 47.5 Å². The van der Waals surface area contributed by atoms with E-state index in [9.17, 15) is 13.7 Å². The predicted octanol–water partition coefficient (Wildman–Crippen LogP) is 4.19. The fourth-order valence-corrected chi connectivity index (χ4v) is 5.43. The van der Waals surface area contributed by atoms with Gasteiger partial charge >= 0.3 is 0 Å². The van der Waals surface area contributed by atoms with Crippen molar-refractivity contribution in [1.29, 1.82) is 5.26 Å². The van der Waals surface area contributed by atoms with Gasteiger partial charge in [0.1, 0.15) is 6.07 Å². The van der Waals surface area contributed by atoms with E-state index in [4.69, 9.17) is 4.74 Å². The third kappa shape index (κ3) is 4.31. The van der Waals surface area contributed by atoms with Crippen LogP contribution in [0.4, 0.5) is 11.4 Å². The van der Waals surface area contributed by atoms with Gasteiger partial charge in [-0.15, -0.1) is 0 Å². The fourth-order valence-electron chi connectivity index (χ4n) is 4.30. The monoisotopic (exact) mass is 452 g/mol. The summed E-state index contributed by atoms with van der Waals surface area (Å²) in [5.74, 6) is 0.0862. The van der Waals surface area contributed by atoms with E-state index in [-0.39, 0.29) is 5.75 Å². The molecule has 0 spiro atoms. The normalized spacial score (nSPS) is 14.5. The first kappa shape index (κ1) is 22.2. The summed E-state index contributed by atoms with van der Waals surface area (Å²) in [5, 5.41) is 11.0. The van der Waals surface area contributed by atoms with Gasteiger partial charge in [0.05, 0.1) is 30.2 Å². The molecule has 4 rings (SSSR count). The molecule has 1 N–H and O–H groups in total. The van der Waals surface area contributed by atoms with Crippen LogP contribution in [0, 0.1) is 11.3 Å². The molecule has 168 valence electrons. The Balaban J connectivity index is 1.75. The minimum absolute atomic E-state index is 0.0862. The number of nitrogens with zero attached hydrogens (tertiary/aromatic N) is 3. The van der Waals surface area contributed by atoms with Crippen molar-refractivity contribution in [2.24, 2.45) is 0 Å². The topological polar surface area (TPSA) is 87.4 Å². The van der Waals surface area contributed by atoms with Gasteiger partial charge in [-0.05, 0) is 49.2 Å². The maximum absolute atomic E-state index is 12.1. The van der Waals surface area contributed by atoms with Crippen LogP contribution in [0.2, 0.25) is 0 Å². The molecule has 2 heterocycles. The lowest BCUT2D eigenvalue weighted by atomic mass is 10.1. The average Bonchev–Trinajstić information content (AvgIpc) is 3.12. The summed E-state index contributed by atoms with van der Waals surface area (Å²) in [6.45, 7) is 7.70. The number of nitrogens with one attached hydrogen (secondary N) is 1. The van der Waals surface area contributed by atoms with Crippen LogP contribution in [0.5, 0.6) is 0 Å². The molecule has 0 saturated carbocycles. The van der Waals surface area contributed by atoms with Crippen LogP contribution in [-0.2, 0) is 21.3 Å². The van der Waals surface area contributed by atoms with Crippen molar-refractivity contribution in [3.05, 3.63) is 48.0 Å². The Hall–Kier alpha value is -3.02. The van der Waals surface area contributed by atoms with Gasteiger partial charge in [0.25, 0.3) is 0 Å². The smallest absolute Gasteiger partial charge is 0.232 e. The van der Waals surface area contributed by atoms with Crippen molar-refractivity contribution in [3.8, 4) is 17.3 Å². The first-order valence-corrected chi connectivity index (χ1v) is 12.6. The number of hydrogen-bond donors (Lipinski definition) is 1. The molecular weight excluding hydrogens is 424 g/mol. The highest BCUT2D eigenvalue weighted by atomic mass is 32.2. The molecule has 0 atom stereocenters. The number of rotatable bonds is 7. The van der Waals surface area contributed by atoms with Crippen LogP contribution in [0.3, 0.4) is 0 Å². The van der Waals surface area contributed by atoms with Gasteiger partial charge in [0.2, 0.25) is 10.0 Å². The number of anilines is 2.